The summed E-state index contributed by atoms with van der Waals surface area (Å²) in [6.07, 6.45) is 16.6. The number of rotatable bonds is 12. The van der Waals surface area contributed by atoms with Crippen LogP contribution in [0.3, 0.4) is 0 Å². The number of carbonyl (C=O) groups is 3. The van der Waals surface area contributed by atoms with Gasteiger partial charge in [-0.1, -0.05) is 89.6 Å². The van der Waals surface area contributed by atoms with Gasteiger partial charge in [-0.2, -0.15) is 0 Å². The minimum absolute atomic E-state index is 0.0700. The van der Waals surface area contributed by atoms with E-state index in [1.807, 2.05) is 42.7 Å². The number of benzene rings is 1. The Morgan fingerprint density at radius 1 is 0.979 bits per heavy atom. The van der Waals surface area contributed by atoms with Crippen LogP contribution >= 0.6 is 21.6 Å². The van der Waals surface area contributed by atoms with Crippen LogP contribution in [0.5, 0.6) is 0 Å². The van der Waals surface area contributed by atoms with Gasteiger partial charge in [0, 0.05) is 31.1 Å². The molecule has 0 bridgehead atoms. The molecule has 1 heterocycles. The van der Waals surface area contributed by atoms with Crippen LogP contribution in [0.25, 0.3) is 5.57 Å². The van der Waals surface area contributed by atoms with E-state index in [4.69, 9.17) is 4.74 Å². The van der Waals surface area contributed by atoms with Crippen LogP contribution in [0.15, 0.2) is 72.6 Å². The average molecular weight is 675 g/mol. The van der Waals surface area contributed by atoms with Crippen LogP contribution < -0.4 is 0 Å². The summed E-state index contributed by atoms with van der Waals surface area (Å²) < 4.78 is 5.99. The van der Waals surface area contributed by atoms with Gasteiger partial charge in [0.2, 0.25) is 5.91 Å². The summed E-state index contributed by atoms with van der Waals surface area (Å²) in [6.45, 7) is 4.89. The topological polar surface area (TPSA) is 96.8 Å². The number of ether oxygens (including phenoxy) is 1. The van der Waals surface area contributed by atoms with E-state index in [-0.39, 0.29) is 47.7 Å². The summed E-state index contributed by atoms with van der Waals surface area (Å²) in [5.74, 6) is 1.26. The van der Waals surface area contributed by atoms with Crippen LogP contribution in [-0.2, 0) is 25.7 Å². The first kappa shape index (κ1) is 33.8. The van der Waals surface area contributed by atoms with Gasteiger partial charge in [0.1, 0.15) is 12.6 Å². The van der Waals surface area contributed by atoms with Crippen LogP contribution in [0, 0.1) is 28.6 Å². The molecule has 1 amide bonds. The molecule has 0 aliphatic heterocycles. The third-order valence-corrected chi connectivity index (χ3v) is 13.7. The lowest BCUT2D eigenvalue weighted by Gasteiger charge is -2.57. The summed E-state index contributed by atoms with van der Waals surface area (Å²) >= 11 is 0. The Balaban J connectivity index is 0.956. The SMILES string of the molecule is C[C@]12CC[C@H](OC(=O)CCSSCC(=O)N(CC(=O)O)Cc3ccccc3)CC1=CC[C@H]1C3CC=C(c4cccnc4)[C@@]3(C)CC[C@@H]12. The van der Waals surface area contributed by atoms with Crippen molar-refractivity contribution in [1.29, 1.82) is 0 Å². The highest BCUT2D eigenvalue weighted by Gasteiger charge is 2.57. The van der Waals surface area contributed by atoms with E-state index in [0.717, 1.165) is 37.7 Å². The Labute approximate surface area is 286 Å². The number of fused-ring (bicyclic) bond motifs is 5. The highest BCUT2D eigenvalue weighted by atomic mass is 33.1. The number of amides is 1. The van der Waals surface area contributed by atoms with Gasteiger partial charge in [0.05, 0.1) is 12.2 Å². The largest absolute Gasteiger partial charge is 0.480 e. The van der Waals surface area contributed by atoms with E-state index in [0.29, 0.717) is 29.9 Å². The third-order valence-electron chi connectivity index (χ3n) is 11.5. The van der Waals surface area contributed by atoms with E-state index >= 15 is 0 Å². The fraction of sp³-hybridized carbons (Fsp3) is 0.526. The summed E-state index contributed by atoms with van der Waals surface area (Å²) in [6, 6.07) is 13.6. The maximum atomic E-state index is 12.8. The number of hydrogen-bond donors (Lipinski definition) is 1. The van der Waals surface area contributed by atoms with Crippen molar-refractivity contribution in [3.05, 3.63) is 83.7 Å². The molecule has 0 saturated heterocycles. The second-order valence-electron chi connectivity index (χ2n) is 14.1. The van der Waals surface area contributed by atoms with Crippen molar-refractivity contribution in [2.24, 2.45) is 28.6 Å². The maximum absolute atomic E-state index is 12.8. The summed E-state index contributed by atoms with van der Waals surface area (Å²) in [4.78, 5) is 42.6. The first-order valence-electron chi connectivity index (χ1n) is 17.0. The van der Waals surface area contributed by atoms with Gasteiger partial charge < -0.3 is 14.7 Å². The van der Waals surface area contributed by atoms with E-state index < -0.39 is 5.97 Å². The average Bonchev–Trinajstić information content (AvgIpc) is 3.42. The summed E-state index contributed by atoms with van der Waals surface area (Å²) in [7, 11) is 2.81. The molecule has 2 fully saturated rings. The third kappa shape index (κ3) is 7.36. The minimum Gasteiger partial charge on any atom is -0.480 e. The predicted molar refractivity (Wildman–Crippen MR) is 188 cm³/mol. The van der Waals surface area contributed by atoms with Gasteiger partial charge >= 0.3 is 11.9 Å². The number of carbonyl (C=O) groups excluding carboxylic acids is 2. The van der Waals surface area contributed by atoms with Crippen molar-refractivity contribution in [3.8, 4) is 0 Å². The molecule has 0 radical (unpaired) electrons. The minimum atomic E-state index is -1.04. The number of carboxylic acid groups (broad SMARTS) is 1. The molecule has 6 atom stereocenters. The second-order valence-corrected chi connectivity index (χ2v) is 16.7. The van der Waals surface area contributed by atoms with Gasteiger partial charge in [0.15, 0.2) is 0 Å². The Hall–Kier alpha value is -3.04. The van der Waals surface area contributed by atoms with Crippen molar-refractivity contribution >= 4 is 45.0 Å². The van der Waals surface area contributed by atoms with Crippen LogP contribution in [0.2, 0.25) is 0 Å². The molecular weight excluding hydrogens is 629 g/mol. The molecule has 47 heavy (non-hydrogen) atoms. The number of carboxylic acids is 1. The molecule has 2 saturated carbocycles. The van der Waals surface area contributed by atoms with Crippen molar-refractivity contribution in [2.75, 3.05) is 18.1 Å². The zero-order valence-electron chi connectivity index (χ0n) is 27.4. The Kier molecular flexibility index (Phi) is 10.5. The summed E-state index contributed by atoms with van der Waals surface area (Å²) in [5, 5.41) is 9.27. The summed E-state index contributed by atoms with van der Waals surface area (Å²) in [5.41, 5.74) is 5.55. The number of hydrogen-bond acceptors (Lipinski definition) is 7. The van der Waals surface area contributed by atoms with Crippen molar-refractivity contribution in [1.82, 2.24) is 9.88 Å². The number of nitrogens with zero attached hydrogens (tertiary/aromatic N) is 2. The zero-order chi connectivity index (χ0) is 33.0. The lowest BCUT2D eigenvalue weighted by atomic mass is 9.47. The highest BCUT2D eigenvalue weighted by Crippen LogP contribution is 2.66. The van der Waals surface area contributed by atoms with Crippen molar-refractivity contribution < 1.29 is 24.2 Å². The second kappa shape index (κ2) is 14.6. The van der Waals surface area contributed by atoms with Crippen molar-refractivity contribution in [3.63, 3.8) is 0 Å². The van der Waals surface area contributed by atoms with E-state index in [2.05, 4.69) is 43.1 Å². The van der Waals surface area contributed by atoms with Crippen LogP contribution in [0.4, 0.5) is 0 Å². The van der Waals surface area contributed by atoms with Crippen LogP contribution in [-0.4, -0.2) is 57.0 Å². The standard InChI is InChI=1S/C38H46N2O5S2/c1-37-17-14-29(45-36(44)16-20-46-47-25-34(41)40(24-35(42)43)23-26-7-4-3-5-8-26)21-28(37)10-11-30-32-13-12-31(27-9-6-19-39-22-27)38(32,2)18-15-33(30)37/h3-10,12,19,22,29-30,32-33H,11,13-18,20-21,23-25H2,1-2H3,(H,42,43)/t29-,30-,32?,33-,37-,38+/m0/s1. The number of allylic oxidation sites excluding steroid dienone is 3. The molecule has 4 aliphatic rings. The first-order valence-corrected chi connectivity index (χ1v) is 19.4. The zero-order valence-corrected chi connectivity index (χ0v) is 29.1. The normalized spacial score (nSPS) is 29.4. The molecule has 0 spiro atoms. The Bertz CT molecular complexity index is 1510. The molecule has 6 rings (SSSR count). The quantitative estimate of drug-likeness (QED) is 0.105. The molecule has 2 aromatic rings. The molecular formula is C38H46N2O5S2. The van der Waals surface area contributed by atoms with E-state index in [1.165, 1.54) is 56.0 Å². The molecule has 9 heteroatoms. The molecule has 1 aromatic carbocycles. The van der Waals surface area contributed by atoms with Gasteiger partial charge in [-0.05, 0) is 89.9 Å². The predicted octanol–water partition coefficient (Wildman–Crippen LogP) is 7.83. The first-order chi connectivity index (χ1) is 22.7. The lowest BCUT2D eigenvalue weighted by molar-refractivity contribution is -0.150. The number of esters is 1. The maximum Gasteiger partial charge on any atom is 0.323 e. The fourth-order valence-electron chi connectivity index (χ4n) is 9.08. The highest BCUT2D eigenvalue weighted by molar-refractivity contribution is 8.76. The smallest absolute Gasteiger partial charge is 0.323 e. The van der Waals surface area contributed by atoms with Gasteiger partial charge in [-0.15, -0.1) is 0 Å². The van der Waals surface area contributed by atoms with E-state index in [1.54, 1.807) is 0 Å². The Morgan fingerprint density at radius 3 is 2.55 bits per heavy atom. The van der Waals surface area contributed by atoms with Gasteiger partial charge in [-0.25, -0.2) is 0 Å². The molecule has 250 valence electrons. The molecule has 7 nitrogen and oxygen atoms in total. The number of aromatic nitrogens is 1. The fourth-order valence-corrected chi connectivity index (χ4v) is 11.0. The van der Waals surface area contributed by atoms with E-state index in [9.17, 15) is 19.5 Å². The number of aliphatic carboxylic acids is 1. The molecule has 4 aliphatic carbocycles. The monoisotopic (exact) mass is 674 g/mol. The van der Waals surface area contributed by atoms with Gasteiger partial charge in [0.25, 0.3) is 0 Å². The molecule has 1 unspecified atom stereocenters. The lowest BCUT2D eigenvalue weighted by Crippen LogP contribution is -2.50. The molecule has 1 N–H and O–H groups in total. The van der Waals surface area contributed by atoms with Crippen LogP contribution in [0.1, 0.15) is 76.3 Å². The van der Waals surface area contributed by atoms with Crippen molar-refractivity contribution in [2.45, 2.75) is 77.9 Å². The number of pyridine rings is 1. The Morgan fingerprint density at radius 2 is 1.79 bits per heavy atom. The van der Waals surface area contributed by atoms with Gasteiger partial charge in [-0.3, -0.25) is 19.4 Å². The molecule has 1 aromatic heterocycles.